The summed E-state index contributed by atoms with van der Waals surface area (Å²) < 4.78 is 5.49. The molecule has 1 saturated carbocycles. The molecule has 0 spiro atoms. The van der Waals surface area contributed by atoms with Crippen LogP contribution in [0.5, 0.6) is 0 Å². The molecule has 2 heterocycles. The molecule has 33 heavy (non-hydrogen) atoms. The van der Waals surface area contributed by atoms with Crippen LogP contribution in [0.4, 0.5) is 4.79 Å². The molecule has 2 aliphatic rings. The van der Waals surface area contributed by atoms with Gasteiger partial charge in [0.05, 0.1) is 6.04 Å². The summed E-state index contributed by atoms with van der Waals surface area (Å²) >= 11 is 0. The maximum absolute atomic E-state index is 12.3. The zero-order valence-corrected chi connectivity index (χ0v) is 20.1. The van der Waals surface area contributed by atoms with Gasteiger partial charge in [-0.05, 0) is 82.8 Å². The summed E-state index contributed by atoms with van der Waals surface area (Å²) in [6.07, 6.45) is 7.66. The largest absolute Gasteiger partial charge is 0.444 e. The van der Waals surface area contributed by atoms with Crippen LogP contribution < -0.4 is 11.1 Å². The first kappa shape index (κ1) is 23.6. The van der Waals surface area contributed by atoms with Crippen LogP contribution in [0.1, 0.15) is 70.8 Å². The Hall–Kier alpha value is -2.54. The fraction of sp³-hybridized carbons (Fsp3) is 0.615. The van der Waals surface area contributed by atoms with Gasteiger partial charge in [0, 0.05) is 36.2 Å². The van der Waals surface area contributed by atoms with Crippen molar-refractivity contribution in [1.82, 2.24) is 15.2 Å². The van der Waals surface area contributed by atoms with E-state index in [2.05, 4.69) is 40.8 Å². The highest BCUT2D eigenvalue weighted by Gasteiger charge is 2.35. The average Bonchev–Trinajstić information content (AvgIpc) is 3.21. The molecule has 1 saturated heterocycles. The van der Waals surface area contributed by atoms with Crippen molar-refractivity contribution in [3.8, 4) is 0 Å². The number of hydrogen-bond donors (Lipinski definition) is 3. The van der Waals surface area contributed by atoms with E-state index in [0.29, 0.717) is 25.0 Å². The third-order valence-electron chi connectivity index (χ3n) is 7.17. The molecule has 1 aliphatic heterocycles. The monoisotopic (exact) mass is 454 g/mol. The number of nitrogens with zero attached hydrogens (tertiary/aromatic N) is 1. The molecule has 1 aromatic carbocycles. The molecule has 4 rings (SSSR count). The van der Waals surface area contributed by atoms with E-state index < -0.39 is 5.60 Å². The van der Waals surface area contributed by atoms with Gasteiger partial charge in [-0.15, -0.1) is 0 Å². The van der Waals surface area contributed by atoms with E-state index in [1.54, 1.807) is 4.90 Å². The molecule has 1 aliphatic carbocycles. The third kappa shape index (κ3) is 5.69. The van der Waals surface area contributed by atoms with Gasteiger partial charge in [-0.1, -0.05) is 18.2 Å². The van der Waals surface area contributed by atoms with Crippen molar-refractivity contribution in [2.24, 2.45) is 11.7 Å². The van der Waals surface area contributed by atoms with Crippen LogP contribution in [-0.4, -0.2) is 52.7 Å². The maximum atomic E-state index is 12.3. The number of aromatic amines is 1. The number of rotatable bonds is 5. The Morgan fingerprint density at radius 1 is 1.09 bits per heavy atom. The lowest BCUT2D eigenvalue weighted by atomic mass is 9.80. The van der Waals surface area contributed by atoms with Crippen molar-refractivity contribution in [3.63, 3.8) is 0 Å². The molecule has 2 aromatic rings. The summed E-state index contributed by atoms with van der Waals surface area (Å²) in [6, 6.07) is 8.42. The van der Waals surface area contributed by atoms with Gasteiger partial charge >= 0.3 is 6.09 Å². The van der Waals surface area contributed by atoms with Gasteiger partial charge in [0.15, 0.2) is 0 Å². The summed E-state index contributed by atoms with van der Waals surface area (Å²) in [5.41, 5.74) is 7.92. The number of ether oxygens (including phenoxy) is 1. The number of fused-ring (bicyclic) bond motifs is 1. The van der Waals surface area contributed by atoms with E-state index in [9.17, 15) is 9.59 Å². The lowest BCUT2D eigenvalue weighted by Crippen LogP contribution is -2.54. The van der Waals surface area contributed by atoms with Crippen LogP contribution in [-0.2, 0) is 9.53 Å². The quantitative estimate of drug-likeness (QED) is 0.627. The van der Waals surface area contributed by atoms with Crippen LogP contribution in [0.15, 0.2) is 30.5 Å². The number of piperidine rings is 1. The van der Waals surface area contributed by atoms with E-state index in [1.165, 1.54) is 16.5 Å². The van der Waals surface area contributed by atoms with E-state index in [1.807, 2.05) is 20.8 Å². The first-order valence-electron chi connectivity index (χ1n) is 12.3. The van der Waals surface area contributed by atoms with Crippen LogP contribution in [0.25, 0.3) is 10.9 Å². The molecular weight excluding hydrogens is 416 g/mol. The Labute approximate surface area is 196 Å². The lowest BCUT2D eigenvalue weighted by molar-refractivity contribution is -0.122. The molecule has 7 heteroatoms. The predicted octanol–water partition coefficient (Wildman–Crippen LogP) is 4.28. The fourth-order valence-corrected chi connectivity index (χ4v) is 5.45. The second-order valence-electron chi connectivity index (χ2n) is 10.7. The number of aromatic nitrogens is 1. The van der Waals surface area contributed by atoms with Crippen LogP contribution in [0.2, 0.25) is 0 Å². The maximum Gasteiger partial charge on any atom is 0.410 e. The first-order valence-corrected chi connectivity index (χ1v) is 12.3. The van der Waals surface area contributed by atoms with E-state index in [4.69, 9.17) is 10.5 Å². The number of amides is 2. The average molecular weight is 455 g/mol. The highest BCUT2D eigenvalue weighted by molar-refractivity contribution is 5.83. The SMILES string of the molecule is CC(C)(C)OC(=O)N1CCC(C(NC2CCC(c3c[nH]c4ccccc34)CC2)C(N)=O)CC1. The molecule has 2 amide bonds. The van der Waals surface area contributed by atoms with Gasteiger partial charge in [0.25, 0.3) is 0 Å². The number of benzene rings is 1. The van der Waals surface area contributed by atoms with E-state index in [-0.39, 0.29) is 24.0 Å². The lowest BCUT2D eigenvalue weighted by Gasteiger charge is -2.38. The summed E-state index contributed by atoms with van der Waals surface area (Å²) in [6.45, 7) is 6.81. The second kappa shape index (κ2) is 9.75. The van der Waals surface area contributed by atoms with Crippen LogP contribution in [0.3, 0.4) is 0 Å². The van der Waals surface area contributed by atoms with Crippen LogP contribution >= 0.6 is 0 Å². The summed E-state index contributed by atoms with van der Waals surface area (Å²) in [7, 11) is 0. The molecule has 0 radical (unpaired) electrons. The standard InChI is InChI=1S/C26H38N4O3/c1-26(2,3)33-25(32)30-14-12-18(13-15-30)23(24(27)31)29-19-10-8-17(9-11-19)21-16-28-22-7-5-4-6-20(21)22/h4-7,16-19,23,28-29H,8-15H2,1-3H3,(H2,27,31). The Kier molecular flexibility index (Phi) is 6.98. The van der Waals surface area contributed by atoms with Crippen molar-refractivity contribution in [3.05, 3.63) is 36.0 Å². The third-order valence-corrected chi connectivity index (χ3v) is 7.17. The molecular formula is C26H38N4O3. The molecule has 7 nitrogen and oxygen atoms in total. The van der Waals surface area contributed by atoms with Gasteiger partial charge in [0.1, 0.15) is 5.60 Å². The Morgan fingerprint density at radius 3 is 2.39 bits per heavy atom. The van der Waals surface area contributed by atoms with Crippen molar-refractivity contribution in [2.75, 3.05) is 13.1 Å². The zero-order valence-electron chi connectivity index (χ0n) is 20.1. The number of carbonyl (C=O) groups excluding carboxylic acids is 2. The van der Waals surface area contributed by atoms with Crippen molar-refractivity contribution in [2.45, 2.75) is 82.9 Å². The number of H-pyrrole nitrogens is 1. The van der Waals surface area contributed by atoms with E-state index >= 15 is 0 Å². The number of para-hydroxylation sites is 1. The summed E-state index contributed by atoms with van der Waals surface area (Å²) in [5, 5.41) is 4.91. The number of likely N-dealkylation sites (tertiary alicyclic amines) is 1. The Bertz CT molecular complexity index is 963. The number of hydrogen-bond acceptors (Lipinski definition) is 4. The molecule has 0 bridgehead atoms. The topological polar surface area (TPSA) is 100 Å². The first-order chi connectivity index (χ1) is 15.7. The van der Waals surface area contributed by atoms with Crippen molar-refractivity contribution < 1.29 is 14.3 Å². The second-order valence-corrected chi connectivity index (χ2v) is 10.7. The van der Waals surface area contributed by atoms with Gasteiger partial charge in [0.2, 0.25) is 5.91 Å². The number of primary amides is 1. The zero-order chi connectivity index (χ0) is 23.6. The number of nitrogens with two attached hydrogens (primary N) is 1. The fourth-order valence-electron chi connectivity index (χ4n) is 5.45. The minimum absolute atomic E-state index is 0.146. The number of nitrogens with one attached hydrogen (secondary N) is 2. The van der Waals surface area contributed by atoms with Gasteiger partial charge in [-0.2, -0.15) is 0 Å². The number of carbonyl (C=O) groups is 2. The Morgan fingerprint density at radius 2 is 1.76 bits per heavy atom. The smallest absolute Gasteiger partial charge is 0.410 e. The summed E-state index contributed by atoms with van der Waals surface area (Å²) in [4.78, 5) is 29.8. The van der Waals surface area contributed by atoms with Gasteiger partial charge in [-0.3, -0.25) is 4.79 Å². The molecule has 4 N–H and O–H groups in total. The van der Waals surface area contributed by atoms with Crippen molar-refractivity contribution in [1.29, 1.82) is 0 Å². The predicted molar refractivity (Wildman–Crippen MR) is 130 cm³/mol. The highest BCUT2D eigenvalue weighted by Crippen LogP contribution is 2.37. The van der Waals surface area contributed by atoms with Gasteiger partial charge < -0.3 is 25.7 Å². The highest BCUT2D eigenvalue weighted by atomic mass is 16.6. The molecule has 2 fully saturated rings. The summed E-state index contributed by atoms with van der Waals surface area (Å²) in [5.74, 6) is 0.403. The molecule has 1 unspecified atom stereocenters. The molecule has 180 valence electrons. The molecule has 1 atom stereocenters. The van der Waals surface area contributed by atoms with E-state index in [0.717, 1.165) is 38.5 Å². The van der Waals surface area contributed by atoms with Crippen molar-refractivity contribution >= 4 is 22.9 Å². The normalized spacial score (nSPS) is 23.4. The minimum Gasteiger partial charge on any atom is -0.444 e. The van der Waals surface area contributed by atoms with Crippen LogP contribution in [0, 0.1) is 5.92 Å². The molecule has 1 aromatic heterocycles. The van der Waals surface area contributed by atoms with Gasteiger partial charge in [-0.25, -0.2) is 4.79 Å². The minimum atomic E-state index is -0.503. The Balaban J connectivity index is 1.30.